The Balaban J connectivity index is 1.37. The lowest BCUT2D eigenvalue weighted by atomic mass is 10.0. The first kappa shape index (κ1) is 22.8. The topological polar surface area (TPSA) is 74.0 Å². The molecule has 0 amide bonds. The quantitative estimate of drug-likeness (QED) is 0.130. The smallest absolute Gasteiger partial charge is 0.269 e. The highest BCUT2D eigenvalue weighted by atomic mass is 16.6. The first-order valence-electron chi connectivity index (χ1n) is 11.4. The van der Waals surface area contributed by atoms with Gasteiger partial charge in [-0.3, -0.25) is 15.1 Å². The van der Waals surface area contributed by atoms with Gasteiger partial charge in [-0.2, -0.15) is 0 Å². The van der Waals surface area contributed by atoms with Crippen LogP contribution in [0, 0.1) is 10.1 Å². The molecular formula is C30H22N2O4. The SMILES string of the molecule is O=[N+]([O-])c1ccc(COc2ccc3ccccc3c2C=Nc2ccc(Oc3ccccc3)cc2)cc1. The minimum absolute atomic E-state index is 0.0532. The monoisotopic (exact) mass is 474 g/mol. The van der Waals surface area contributed by atoms with Crippen LogP contribution in [0.15, 0.2) is 120 Å². The van der Waals surface area contributed by atoms with E-state index in [-0.39, 0.29) is 12.3 Å². The molecule has 36 heavy (non-hydrogen) atoms. The van der Waals surface area contributed by atoms with Crippen LogP contribution in [0.1, 0.15) is 11.1 Å². The van der Waals surface area contributed by atoms with Crippen LogP contribution in [0.2, 0.25) is 0 Å². The summed E-state index contributed by atoms with van der Waals surface area (Å²) >= 11 is 0. The van der Waals surface area contributed by atoms with Crippen LogP contribution >= 0.6 is 0 Å². The van der Waals surface area contributed by atoms with Crippen LogP contribution in [0.4, 0.5) is 11.4 Å². The molecule has 0 saturated heterocycles. The number of hydrogen-bond donors (Lipinski definition) is 0. The molecule has 0 saturated carbocycles. The number of nitro groups is 1. The maximum Gasteiger partial charge on any atom is 0.269 e. The molecular weight excluding hydrogens is 452 g/mol. The van der Waals surface area contributed by atoms with Crippen LogP contribution in [0.5, 0.6) is 17.2 Å². The van der Waals surface area contributed by atoms with Crippen molar-refractivity contribution >= 4 is 28.4 Å². The van der Waals surface area contributed by atoms with E-state index in [4.69, 9.17) is 9.47 Å². The lowest BCUT2D eigenvalue weighted by Gasteiger charge is -2.12. The van der Waals surface area contributed by atoms with Gasteiger partial charge < -0.3 is 9.47 Å². The Morgan fingerprint density at radius 1 is 0.750 bits per heavy atom. The van der Waals surface area contributed by atoms with Crippen molar-refractivity contribution in [3.8, 4) is 17.2 Å². The van der Waals surface area contributed by atoms with E-state index in [9.17, 15) is 10.1 Å². The molecule has 0 atom stereocenters. The fourth-order valence-corrected chi connectivity index (χ4v) is 3.77. The summed E-state index contributed by atoms with van der Waals surface area (Å²) in [6, 6.07) is 35.5. The van der Waals surface area contributed by atoms with Crippen molar-refractivity contribution < 1.29 is 14.4 Å². The highest BCUT2D eigenvalue weighted by molar-refractivity contribution is 6.03. The summed E-state index contributed by atoms with van der Waals surface area (Å²) in [5, 5.41) is 13.0. The number of para-hydroxylation sites is 1. The second kappa shape index (κ2) is 10.5. The second-order valence-corrected chi connectivity index (χ2v) is 8.08. The summed E-state index contributed by atoms with van der Waals surface area (Å²) in [5.74, 6) is 2.19. The van der Waals surface area contributed by atoms with Gasteiger partial charge in [-0.25, -0.2) is 0 Å². The molecule has 5 aromatic carbocycles. The third-order valence-corrected chi connectivity index (χ3v) is 5.63. The lowest BCUT2D eigenvalue weighted by Crippen LogP contribution is -1.99. The molecule has 0 heterocycles. The van der Waals surface area contributed by atoms with Crippen LogP contribution < -0.4 is 9.47 Å². The van der Waals surface area contributed by atoms with Gasteiger partial charge in [0, 0.05) is 23.9 Å². The van der Waals surface area contributed by atoms with Gasteiger partial charge >= 0.3 is 0 Å². The average molecular weight is 475 g/mol. The Kier molecular flexibility index (Phi) is 6.67. The van der Waals surface area contributed by atoms with Crippen LogP contribution in [-0.2, 0) is 6.61 Å². The number of hydrogen-bond acceptors (Lipinski definition) is 5. The minimum atomic E-state index is -0.414. The van der Waals surface area contributed by atoms with Crippen molar-refractivity contribution in [2.45, 2.75) is 6.61 Å². The van der Waals surface area contributed by atoms with E-state index in [1.54, 1.807) is 18.3 Å². The van der Waals surface area contributed by atoms with Gasteiger partial charge in [0.05, 0.1) is 10.6 Å². The fraction of sp³-hybridized carbons (Fsp3) is 0.0333. The number of benzene rings is 5. The van der Waals surface area contributed by atoms with Crippen LogP contribution in [0.25, 0.3) is 10.8 Å². The summed E-state index contributed by atoms with van der Waals surface area (Å²) in [7, 11) is 0. The Morgan fingerprint density at radius 3 is 2.19 bits per heavy atom. The minimum Gasteiger partial charge on any atom is -0.488 e. The summed E-state index contributed by atoms with van der Waals surface area (Å²) < 4.78 is 12.0. The highest BCUT2D eigenvalue weighted by Gasteiger charge is 2.09. The standard InChI is InChI=1S/C30H22N2O4/c33-32(34)25-15-10-22(11-16-25)21-35-30-19-12-23-6-4-5-9-28(23)29(30)20-31-24-13-17-27(18-14-24)36-26-7-2-1-3-8-26/h1-20H,21H2. The van der Waals surface area contributed by atoms with Gasteiger partial charge in [-0.05, 0) is 70.9 Å². The molecule has 6 heteroatoms. The number of non-ortho nitro benzene ring substituents is 1. The van der Waals surface area contributed by atoms with Gasteiger partial charge in [0.1, 0.15) is 23.9 Å². The predicted octanol–water partition coefficient (Wildman–Crippen LogP) is 7.87. The maximum atomic E-state index is 10.9. The molecule has 0 bridgehead atoms. The average Bonchev–Trinajstić information content (AvgIpc) is 2.92. The van der Waals surface area contributed by atoms with Gasteiger partial charge in [0.15, 0.2) is 0 Å². The second-order valence-electron chi connectivity index (χ2n) is 8.08. The van der Waals surface area contributed by atoms with Crippen molar-refractivity contribution in [2.75, 3.05) is 0 Å². The number of rotatable bonds is 8. The molecule has 5 aromatic rings. The van der Waals surface area contributed by atoms with Gasteiger partial charge in [-0.15, -0.1) is 0 Å². The van der Waals surface area contributed by atoms with E-state index >= 15 is 0 Å². The van der Waals surface area contributed by atoms with E-state index in [0.29, 0.717) is 5.75 Å². The molecule has 0 aliphatic rings. The molecule has 5 rings (SSSR count). The van der Waals surface area contributed by atoms with E-state index < -0.39 is 4.92 Å². The Hall–Kier alpha value is -4.97. The molecule has 176 valence electrons. The molecule has 0 aromatic heterocycles. The third kappa shape index (κ3) is 5.39. The molecule has 0 fully saturated rings. The summed E-state index contributed by atoms with van der Waals surface area (Å²) in [5.41, 5.74) is 2.53. The zero-order valence-corrected chi connectivity index (χ0v) is 19.3. The van der Waals surface area contributed by atoms with Gasteiger partial charge in [0.25, 0.3) is 5.69 Å². The predicted molar refractivity (Wildman–Crippen MR) is 142 cm³/mol. The Labute approximate surface area is 208 Å². The summed E-state index contributed by atoms with van der Waals surface area (Å²) in [4.78, 5) is 15.2. The van der Waals surface area contributed by atoms with Crippen molar-refractivity contribution in [1.82, 2.24) is 0 Å². The third-order valence-electron chi connectivity index (χ3n) is 5.63. The molecule has 6 nitrogen and oxygen atoms in total. The van der Waals surface area contributed by atoms with E-state index in [1.807, 2.05) is 91.0 Å². The first-order chi connectivity index (χ1) is 17.7. The van der Waals surface area contributed by atoms with Crippen LogP contribution in [-0.4, -0.2) is 11.1 Å². The number of nitro benzene ring substituents is 1. The Morgan fingerprint density at radius 2 is 1.44 bits per heavy atom. The first-order valence-corrected chi connectivity index (χ1v) is 11.4. The normalized spacial score (nSPS) is 11.0. The zero-order valence-electron chi connectivity index (χ0n) is 19.3. The van der Waals surface area contributed by atoms with Gasteiger partial charge in [0.2, 0.25) is 0 Å². The number of aliphatic imine (C=N–C) groups is 1. The van der Waals surface area contributed by atoms with Crippen molar-refractivity contribution in [3.05, 3.63) is 137 Å². The Bertz CT molecular complexity index is 1510. The summed E-state index contributed by atoms with van der Waals surface area (Å²) in [6.45, 7) is 0.280. The van der Waals surface area contributed by atoms with Crippen molar-refractivity contribution in [1.29, 1.82) is 0 Å². The molecule has 0 radical (unpaired) electrons. The molecule has 0 unspecified atom stereocenters. The zero-order chi connectivity index (χ0) is 24.7. The van der Waals surface area contributed by atoms with Crippen molar-refractivity contribution in [3.63, 3.8) is 0 Å². The maximum absolute atomic E-state index is 10.9. The highest BCUT2D eigenvalue weighted by Crippen LogP contribution is 2.29. The van der Waals surface area contributed by atoms with E-state index in [2.05, 4.69) is 4.99 Å². The molecule has 0 aliphatic heterocycles. The van der Waals surface area contributed by atoms with E-state index in [1.165, 1.54) is 12.1 Å². The fourth-order valence-electron chi connectivity index (χ4n) is 3.77. The van der Waals surface area contributed by atoms with E-state index in [0.717, 1.165) is 39.1 Å². The largest absolute Gasteiger partial charge is 0.488 e. The van der Waals surface area contributed by atoms with Crippen LogP contribution in [0.3, 0.4) is 0 Å². The van der Waals surface area contributed by atoms with Crippen molar-refractivity contribution in [2.24, 2.45) is 4.99 Å². The number of nitrogens with zero attached hydrogens (tertiary/aromatic N) is 2. The molecule has 0 spiro atoms. The van der Waals surface area contributed by atoms with Gasteiger partial charge in [-0.1, -0.05) is 48.5 Å². The molecule has 0 N–H and O–H groups in total. The number of ether oxygens (including phenoxy) is 2. The summed E-state index contributed by atoms with van der Waals surface area (Å²) in [6.07, 6.45) is 1.81. The molecule has 0 aliphatic carbocycles. The number of fused-ring (bicyclic) bond motifs is 1. The lowest BCUT2D eigenvalue weighted by molar-refractivity contribution is -0.384.